The molecule has 0 radical (unpaired) electrons. The van der Waals surface area contributed by atoms with Crippen LogP contribution in [0.2, 0.25) is 0 Å². The Bertz CT molecular complexity index is 172. The lowest BCUT2D eigenvalue weighted by atomic mass is 9.79. The molecule has 1 aliphatic rings. The largest absolute Gasteiger partial charge is 0.328 e. The normalized spacial score (nSPS) is 30.0. The summed E-state index contributed by atoms with van der Waals surface area (Å²) >= 11 is 0. The van der Waals surface area contributed by atoms with E-state index in [9.17, 15) is 0 Å². The molecule has 0 aromatic rings. The third-order valence-corrected chi connectivity index (χ3v) is 4.17. The monoisotopic (exact) mass is 226 g/mol. The molecule has 0 bridgehead atoms. The molecule has 16 heavy (non-hydrogen) atoms. The minimum Gasteiger partial charge on any atom is -0.328 e. The van der Waals surface area contributed by atoms with Crippen molar-refractivity contribution >= 4 is 0 Å². The van der Waals surface area contributed by atoms with E-state index in [0.29, 0.717) is 12.1 Å². The van der Waals surface area contributed by atoms with Crippen molar-refractivity contribution in [3.05, 3.63) is 0 Å². The predicted octanol–water partition coefficient (Wildman–Crippen LogP) is 3.05. The highest BCUT2D eigenvalue weighted by Gasteiger charge is 2.21. The van der Waals surface area contributed by atoms with Crippen molar-refractivity contribution in [3.63, 3.8) is 0 Å². The van der Waals surface area contributed by atoms with Gasteiger partial charge in [0.15, 0.2) is 0 Å². The molecule has 0 spiro atoms. The fourth-order valence-electron chi connectivity index (χ4n) is 2.88. The highest BCUT2D eigenvalue weighted by atomic mass is 14.6. The van der Waals surface area contributed by atoms with E-state index in [4.69, 9.17) is 11.5 Å². The molecular formula is C14H30N2. The fraction of sp³-hybridized carbons (Fsp3) is 1.00. The molecule has 0 saturated heterocycles. The number of rotatable bonds is 6. The van der Waals surface area contributed by atoms with Crippen LogP contribution in [0.3, 0.4) is 0 Å². The smallest absolute Gasteiger partial charge is 0.00390 e. The molecule has 0 aromatic carbocycles. The number of hydrogen-bond acceptors (Lipinski definition) is 2. The first-order chi connectivity index (χ1) is 7.61. The van der Waals surface area contributed by atoms with Gasteiger partial charge in [0.05, 0.1) is 0 Å². The Morgan fingerprint density at radius 2 is 1.75 bits per heavy atom. The molecule has 96 valence electrons. The van der Waals surface area contributed by atoms with Gasteiger partial charge >= 0.3 is 0 Å². The lowest BCUT2D eigenvalue weighted by molar-refractivity contribution is 0.254. The molecule has 1 fully saturated rings. The van der Waals surface area contributed by atoms with Crippen molar-refractivity contribution in [3.8, 4) is 0 Å². The van der Waals surface area contributed by atoms with E-state index < -0.39 is 0 Å². The van der Waals surface area contributed by atoms with Gasteiger partial charge in [-0.2, -0.15) is 0 Å². The highest BCUT2D eigenvalue weighted by Crippen LogP contribution is 2.31. The first-order valence-electron chi connectivity index (χ1n) is 7.13. The van der Waals surface area contributed by atoms with E-state index in [-0.39, 0.29) is 0 Å². The van der Waals surface area contributed by atoms with Gasteiger partial charge in [-0.1, -0.05) is 13.3 Å². The molecule has 2 atom stereocenters. The van der Waals surface area contributed by atoms with Gasteiger partial charge in [-0.3, -0.25) is 0 Å². The Morgan fingerprint density at radius 1 is 1.12 bits per heavy atom. The Kier molecular flexibility index (Phi) is 6.37. The predicted molar refractivity (Wildman–Crippen MR) is 71.2 cm³/mol. The summed E-state index contributed by atoms with van der Waals surface area (Å²) in [5.41, 5.74) is 11.8. The second-order valence-electron chi connectivity index (χ2n) is 5.85. The Hall–Kier alpha value is -0.0800. The van der Waals surface area contributed by atoms with E-state index in [2.05, 4.69) is 13.8 Å². The zero-order valence-electron chi connectivity index (χ0n) is 11.1. The Balaban J connectivity index is 2.21. The van der Waals surface area contributed by atoms with Crippen molar-refractivity contribution in [1.29, 1.82) is 0 Å². The van der Waals surface area contributed by atoms with E-state index in [1.807, 2.05) is 0 Å². The van der Waals surface area contributed by atoms with Crippen LogP contribution in [0.1, 0.15) is 65.2 Å². The van der Waals surface area contributed by atoms with Crippen molar-refractivity contribution < 1.29 is 0 Å². The van der Waals surface area contributed by atoms with Gasteiger partial charge in [-0.15, -0.1) is 0 Å². The molecule has 0 aliphatic heterocycles. The van der Waals surface area contributed by atoms with Crippen molar-refractivity contribution in [2.45, 2.75) is 77.3 Å². The van der Waals surface area contributed by atoms with E-state index in [1.165, 1.54) is 51.4 Å². The summed E-state index contributed by atoms with van der Waals surface area (Å²) in [6.45, 7) is 4.44. The molecule has 1 rings (SSSR count). The van der Waals surface area contributed by atoms with Gasteiger partial charge < -0.3 is 11.5 Å². The molecule has 0 heterocycles. The van der Waals surface area contributed by atoms with Crippen LogP contribution in [-0.4, -0.2) is 12.1 Å². The van der Waals surface area contributed by atoms with E-state index in [1.54, 1.807) is 0 Å². The lowest BCUT2D eigenvalue weighted by Crippen LogP contribution is -2.27. The molecule has 1 saturated carbocycles. The zero-order chi connectivity index (χ0) is 12.0. The summed E-state index contributed by atoms with van der Waals surface area (Å²) in [5.74, 6) is 1.84. The average Bonchev–Trinajstić information content (AvgIpc) is 2.26. The van der Waals surface area contributed by atoms with Gasteiger partial charge in [-0.05, 0) is 63.7 Å². The standard InChI is InChI=1S/C14H30N2/c1-3-12(5-4-11(2)15)10-13-6-8-14(16)9-7-13/h11-14H,3-10,15-16H2,1-2H3/t11-,12?,13?,14?/m0/s1. The molecule has 4 N–H and O–H groups in total. The van der Waals surface area contributed by atoms with Crippen LogP contribution in [0.25, 0.3) is 0 Å². The van der Waals surface area contributed by atoms with Crippen LogP contribution >= 0.6 is 0 Å². The second-order valence-corrected chi connectivity index (χ2v) is 5.85. The molecule has 0 amide bonds. The quantitative estimate of drug-likeness (QED) is 0.731. The average molecular weight is 226 g/mol. The van der Waals surface area contributed by atoms with E-state index >= 15 is 0 Å². The van der Waals surface area contributed by atoms with Crippen LogP contribution in [0.5, 0.6) is 0 Å². The molecular weight excluding hydrogens is 196 g/mol. The molecule has 1 aliphatic carbocycles. The third kappa shape index (κ3) is 5.31. The summed E-state index contributed by atoms with van der Waals surface area (Å²) in [6, 6.07) is 0.856. The Labute approximate surface area is 101 Å². The minimum absolute atomic E-state index is 0.369. The summed E-state index contributed by atoms with van der Waals surface area (Å²) < 4.78 is 0. The third-order valence-electron chi connectivity index (χ3n) is 4.17. The van der Waals surface area contributed by atoms with E-state index in [0.717, 1.165) is 11.8 Å². The van der Waals surface area contributed by atoms with Gasteiger partial charge in [0.25, 0.3) is 0 Å². The molecule has 1 unspecified atom stereocenters. The number of nitrogens with two attached hydrogens (primary N) is 2. The maximum Gasteiger partial charge on any atom is 0.00390 e. The van der Waals surface area contributed by atoms with Crippen LogP contribution < -0.4 is 11.5 Å². The first-order valence-corrected chi connectivity index (χ1v) is 7.13. The van der Waals surface area contributed by atoms with Crippen LogP contribution in [0, 0.1) is 11.8 Å². The minimum atomic E-state index is 0.369. The first kappa shape index (κ1) is 14.0. The number of hydrogen-bond donors (Lipinski definition) is 2. The van der Waals surface area contributed by atoms with Crippen LogP contribution in [0.4, 0.5) is 0 Å². The summed E-state index contributed by atoms with van der Waals surface area (Å²) in [4.78, 5) is 0. The van der Waals surface area contributed by atoms with Crippen molar-refractivity contribution in [1.82, 2.24) is 0 Å². The lowest BCUT2D eigenvalue weighted by Gasteiger charge is -2.29. The molecule has 2 heteroatoms. The zero-order valence-corrected chi connectivity index (χ0v) is 11.1. The van der Waals surface area contributed by atoms with Gasteiger partial charge in [0.1, 0.15) is 0 Å². The molecule has 2 nitrogen and oxygen atoms in total. The van der Waals surface area contributed by atoms with Crippen LogP contribution in [-0.2, 0) is 0 Å². The van der Waals surface area contributed by atoms with Crippen LogP contribution in [0.15, 0.2) is 0 Å². The molecule has 0 aromatic heterocycles. The topological polar surface area (TPSA) is 52.0 Å². The van der Waals surface area contributed by atoms with Gasteiger partial charge in [0.2, 0.25) is 0 Å². The summed E-state index contributed by atoms with van der Waals surface area (Å²) in [7, 11) is 0. The maximum absolute atomic E-state index is 5.94. The van der Waals surface area contributed by atoms with Crippen molar-refractivity contribution in [2.24, 2.45) is 23.3 Å². The second kappa shape index (κ2) is 7.29. The summed E-state index contributed by atoms with van der Waals surface area (Å²) in [5, 5.41) is 0. The fourth-order valence-corrected chi connectivity index (χ4v) is 2.88. The van der Waals surface area contributed by atoms with Crippen molar-refractivity contribution in [2.75, 3.05) is 0 Å². The SMILES string of the molecule is CCC(CC[C@H](C)N)CC1CCC(N)CC1. The Morgan fingerprint density at radius 3 is 2.25 bits per heavy atom. The van der Waals surface area contributed by atoms with Gasteiger partial charge in [-0.25, -0.2) is 0 Å². The highest BCUT2D eigenvalue weighted by molar-refractivity contribution is 4.76. The van der Waals surface area contributed by atoms with Gasteiger partial charge in [0, 0.05) is 12.1 Å². The summed E-state index contributed by atoms with van der Waals surface area (Å²) in [6.07, 6.45) is 10.4. The maximum atomic E-state index is 5.94.